The third-order valence-electron chi connectivity index (χ3n) is 6.96. The maximum absolute atomic E-state index is 12.5. The number of rotatable bonds is 8. The average molecular weight is 454 g/mol. The maximum Gasteiger partial charge on any atom is 0.335 e. The SMILES string of the molecule is O=C(O)c1ccc(CCN2C(=O)CC[C@@H]2C=CC(O)C2(c3ccc(Cl)cc3)CCC2)cc1. The Morgan fingerprint density at radius 2 is 1.84 bits per heavy atom. The van der Waals surface area contributed by atoms with Gasteiger partial charge in [0.2, 0.25) is 5.91 Å². The Labute approximate surface area is 193 Å². The minimum Gasteiger partial charge on any atom is -0.478 e. The number of benzene rings is 2. The van der Waals surface area contributed by atoms with Crippen molar-refractivity contribution in [3.63, 3.8) is 0 Å². The Kier molecular flexibility index (Phi) is 6.68. The molecule has 2 atom stereocenters. The molecule has 1 aliphatic carbocycles. The Morgan fingerprint density at radius 1 is 1.16 bits per heavy atom. The van der Waals surface area contributed by atoms with Gasteiger partial charge in [-0.1, -0.05) is 54.4 Å². The fourth-order valence-electron chi connectivity index (χ4n) is 4.82. The zero-order valence-electron chi connectivity index (χ0n) is 17.9. The monoisotopic (exact) mass is 453 g/mol. The number of carboxylic acid groups (broad SMARTS) is 1. The normalized spacial score (nSPS) is 21.0. The average Bonchev–Trinajstić information content (AvgIpc) is 3.11. The molecule has 2 aliphatic rings. The lowest BCUT2D eigenvalue weighted by atomic mass is 9.61. The minimum atomic E-state index is -0.946. The van der Waals surface area contributed by atoms with Gasteiger partial charge in [-0.15, -0.1) is 0 Å². The number of carbonyl (C=O) groups excluding carboxylic acids is 1. The third-order valence-corrected chi connectivity index (χ3v) is 7.22. The van der Waals surface area contributed by atoms with E-state index in [9.17, 15) is 14.7 Å². The second-order valence-corrected chi connectivity index (χ2v) is 9.23. The van der Waals surface area contributed by atoms with Crippen molar-refractivity contribution < 1.29 is 19.8 Å². The molecule has 6 heteroatoms. The van der Waals surface area contributed by atoms with Gasteiger partial charge in [-0.2, -0.15) is 0 Å². The molecule has 0 bridgehead atoms. The molecule has 1 saturated heterocycles. The van der Waals surface area contributed by atoms with E-state index in [0.29, 0.717) is 24.4 Å². The highest BCUT2D eigenvalue weighted by Gasteiger charge is 2.44. The van der Waals surface area contributed by atoms with Crippen LogP contribution in [-0.2, 0) is 16.6 Å². The highest BCUT2D eigenvalue weighted by molar-refractivity contribution is 6.30. The molecule has 168 valence electrons. The molecule has 0 aromatic heterocycles. The number of aliphatic hydroxyl groups excluding tert-OH is 1. The van der Waals surface area contributed by atoms with Gasteiger partial charge < -0.3 is 15.1 Å². The number of halogens is 1. The maximum atomic E-state index is 12.5. The largest absolute Gasteiger partial charge is 0.478 e. The predicted octanol–water partition coefficient (Wildman–Crippen LogP) is 4.61. The molecule has 2 fully saturated rings. The molecule has 1 aliphatic heterocycles. The summed E-state index contributed by atoms with van der Waals surface area (Å²) in [4.78, 5) is 25.3. The van der Waals surface area contributed by atoms with E-state index in [0.717, 1.165) is 36.8 Å². The van der Waals surface area contributed by atoms with Gasteiger partial charge in [0, 0.05) is 23.4 Å². The Hall–Kier alpha value is -2.63. The van der Waals surface area contributed by atoms with Crippen molar-refractivity contribution in [3.8, 4) is 0 Å². The number of amides is 1. The van der Waals surface area contributed by atoms with Crippen LogP contribution in [0.15, 0.2) is 60.7 Å². The second-order valence-electron chi connectivity index (χ2n) is 8.79. The van der Waals surface area contributed by atoms with Crippen molar-refractivity contribution in [3.05, 3.63) is 82.4 Å². The molecule has 4 rings (SSSR count). The van der Waals surface area contributed by atoms with E-state index in [4.69, 9.17) is 16.7 Å². The number of carbonyl (C=O) groups is 2. The van der Waals surface area contributed by atoms with Crippen LogP contribution in [0.5, 0.6) is 0 Å². The summed E-state index contributed by atoms with van der Waals surface area (Å²) in [5, 5.41) is 20.8. The number of likely N-dealkylation sites (tertiary alicyclic amines) is 1. The van der Waals surface area contributed by atoms with Crippen LogP contribution in [0.3, 0.4) is 0 Å². The van der Waals surface area contributed by atoms with Gasteiger partial charge in [0.15, 0.2) is 0 Å². The summed E-state index contributed by atoms with van der Waals surface area (Å²) in [6, 6.07) is 14.5. The molecular formula is C26H28ClNO4. The highest BCUT2D eigenvalue weighted by atomic mass is 35.5. The summed E-state index contributed by atoms with van der Waals surface area (Å²) in [6.07, 6.45) is 8.10. The van der Waals surface area contributed by atoms with Gasteiger partial charge in [0.05, 0.1) is 17.7 Å². The van der Waals surface area contributed by atoms with E-state index in [1.54, 1.807) is 24.3 Å². The fourth-order valence-corrected chi connectivity index (χ4v) is 4.95. The number of hydrogen-bond donors (Lipinski definition) is 2. The fraction of sp³-hybridized carbons (Fsp3) is 0.385. The predicted molar refractivity (Wildman–Crippen MR) is 124 cm³/mol. The van der Waals surface area contributed by atoms with Crippen molar-refractivity contribution in [1.29, 1.82) is 0 Å². The molecule has 0 radical (unpaired) electrons. The Balaban J connectivity index is 1.41. The molecule has 0 spiro atoms. The van der Waals surface area contributed by atoms with Crippen LogP contribution in [0, 0.1) is 0 Å². The van der Waals surface area contributed by atoms with E-state index in [-0.39, 0.29) is 22.9 Å². The van der Waals surface area contributed by atoms with E-state index >= 15 is 0 Å². The first-order chi connectivity index (χ1) is 15.4. The summed E-state index contributed by atoms with van der Waals surface area (Å²) >= 11 is 6.03. The van der Waals surface area contributed by atoms with Crippen molar-refractivity contribution in [2.24, 2.45) is 0 Å². The van der Waals surface area contributed by atoms with Gasteiger partial charge >= 0.3 is 5.97 Å². The number of hydrogen-bond acceptors (Lipinski definition) is 3. The summed E-state index contributed by atoms with van der Waals surface area (Å²) in [5.41, 5.74) is 2.08. The van der Waals surface area contributed by atoms with Crippen LogP contribution in [0.4, 0.5) is 0 Å². The first-order valence-electron chi connectivity index (χ1n) is 11.1. The first-order valence-corrected chi connectivity index (χ1v) is 11.5. The smallest absolute Gasteiger partial charge is 0.335 e. The summed E-state index contributed by atoms with van der Waals surface area (Å²) < 4.78 is 0. The topological polar surface area (TPSA) is 77.8 Å². The van der Waals surface area contributed by atoms with Crippen molar-refractivity contribution >= 4 is 23.5 Å². The summed E-state index contributed by atoms with van der Waals surface area (Å²) in [7, 11) is 0. The standard InChI is InChI=1S/C26H28ClNO4/c27-21-8-6-20(7-9-21)26(15-1-16-26)23(29)12-10-22-11-13-24(30)28(22)17-14-18-2-4-19(5-3-18)25(31)32/h2-10,12,22-23,29H,1,11,13-17H2,(H,31,32)/t22-,23?/m0/s1. The van der Waals surface area contributed by atoms with Crippen LogP contribution in [-0.4, -0.2) is 45.7 Å². The first kappa shape index (κ1) is 22.6. The van der Waals surface area contributed by atoms with Crippen LogP contribution >= 0.6 is 11.6 Å². The van der Waals surface area contributed by atoms with E-state index in [1.165, 1.54) is 0 Å². The van der Waals surface area contributed by atoms with Crippen molar-refractivity contribution in [1.82, 2.24) is 4.90 Å². The molecular weight excluding hydrogens is 426 g/mol. The molecule has 1 amide bonds. The lowest BCUT2D eigenvalue weighted by Crippen LogP contribution is -2.44. The van der Waals surface area contributed by atoms with E-state index in [1.807, 2.05) is 41.3 Å². The van der Waals surface area contributed by atoms with Crippen molar-refractivity contribution in [2.75, 3.05) is 6.54 Å². The molecule has 32 heavy (non-hydrogen) atoms. The van der Waals surface area contributed by atoms with Crippen LogP contribution < -0.4 is 0 Å². The van der Waals surface area contributed by atoms with Gasteiger partial charge in [-0.3, -0.25) is 4.79 Å². The van der Waals surface area contributed by atoms with Crippen molar-refractivity contribution in [2.45, 2.75) is 56.1 Å². The van der Waals surface area contributed by atoms with Crippen LogP contribution in [0.25, 0.3) is 0 Å². The number of carboxylic acids is 1. The lowest BCUT2D eigenvalue weighted by molar-refractivity contribution is -0.128. The Bertz CT molecular complexity index is 995. The Morgan fingerprint density at radius 3 is 2.44 bits per heavy atom. The number of aromatic carboxylic acids is 1. The molecule has 1 saturated carbocycles. The molecule has 2 N–H and O–H groups in total. The van der Waals surface area contributed by atoms with Gasteiger partial charge in [-0.05, 0) is 61.1 Å². The minimum absolute atomic E-state index is 0.0298. The highest BCUT2D eigenvalue weighted by Crippen LogP contribution is 2.47. The lowest BCUT2D eigenvalue weighted by Gasteiger charge is -2.45. The van der Waals surface area contributed by atoms with E-state index < -0.39 is 12.1 Å². The zero-order chi connectivity index (χ0) is 22.7. The molecule has 2 aromatic carbocycles. The summed E-state index contributed by atoms with van der Waals surface area (Å²) in [6.45, 7) is 0.568. The van der Waals surface area contributed by atoms with Crippen LogP contribution in [0.1, 0.15) is 53.6 Å². The van der Waals surface area contributed by atoms with Gasteiger partial charge in [-0.25, -0.2) is 4.79 Å². The third kappa shape index (κ3) is 4.59. The second kappa shape index (κ2) is 9.47. The number of aliphatic hydroxyl groups is 1. The summed E-state index contributed by atoms with van der Waals surface area (Å²) in [5.74, 6) is -0.829. The molecule has 1 heterocycles. The molecule has 2 aromatic rings. The van der Waals surface area contributed by atoms with Gasteiger partial charge in [0.1, 0.15) is 0 Å². The zero-order valence-corrected chi connectivity index (χ0v) is 18.7. The number of nitrogens with zero attached hydrogens (tertiary/aromatic N) is 1. The quantitative estimate of drug-likeness (QED) is 0.572. The van der Waals surface area contributed by atoms with Gasteiger partial charge in [0.25, 0.3) is 0 Å². The molecule has 1 unspecified atom stereocenters. The molecule has 5 nitrogen and oxygen atoms in total. The van der Waals surface area contributed by atoms with E-state index in [2.05, 4.69) is 0 Å². The van der Waals surface area contributed by atoms with Crippen LogP contribution in [0.2, 0.25) is 5.02 Å².